The summed E-state index contributed by atoms with van der Waals surface area (Å²) < 4.78 is 17.0. The number of nitriles is 1. The molecule has 0 amide bonds. The highest BCUT2D eigenvalue weighted by Gasteiger charge is 2.18. The van der Waals surface area contributed by atoms with Crippen LogP contribution in [0.25, 0.3) is 11.1 Å². The van der Waals surface area contributed by atoms with Crippen molar-refractivity contribution < 1.29 is 19.0 Å². The van der Waals surface area contributed by atoms with E-state index < -0.39 is 0 Å². The van der Waals surface area contributed by atoms with Crippen molar-refractivity contribution in [2.75, 3.05) is 13.2 Å². The molecule has 1 aliphatic heterocycles. The fourth-order valence-corrected chi connectivity index (χ4v) is 3.70. The van der Waals surface area contributed by atoms with Crippen LogP contribution in [0, 0.1) is 11.3 Å². The monoisotopic (exact) mass is 377 g/mol. The minimum Gasteiger partial charge on any atom is -0.486 e. The molecule has 0 radical (unpaired) electrons. The van der Waals surface area contributed by atoms with E-state index >= 15 is 0 Å². The van der Waals surface area contributed by atoms with Gasteiger partial charge in [0.05, 0.1) is 0 Å². The molecular weight excluding hydrogens is 362 g/mol. The van der Waals surface area contributed by atoms with E-state index in [2.05, 4.69) is 6.07 Å². The van der Waals surface area contributed by atoms with Crippen LogP contribution in [0.2, 0.25) is 0 Å². The van der Waals surface area contributed by atoms with Crippen LogP contribution < -0.4 is 14.2 Å². The lowest BCUT2D eigenvalue weighted by molar-refractivity contribution is 0.112. The summed E-state index contributed by atoms with van der Waals surface area (Å²) in [6.07, 6.45) is 0.803. The zero-order chi connectivity index (χ0) is 18.6. The van der Waals surface area contributed by atoms with E-state index in [-0.39, 0.29) is 0 Å². The second-order valence-electron chi connectivity index (χ2n) is 5.93. The summed E-state index contributed by atoms with van der Waals surface area (Å²) in [7, 11) is 0. The average molecular weight is 377 g/mol. The zero-order valence-electron chi connectivity index (χ0n) is 14.3. The van der Waals surface area contributed by atoms with Crippen molar-refractivity contribution in [1.29, 1.82) is 5.26 Å². The molecule has 5 nitrogen and oxygen atoms in total. The summed E-state index contributed by atoms with van der Waals surface area (Å²) in [4.78, 5) is 10.7. The number of rotatable bonds is 5. The lowest BCUT2D eigenvalue weighted by atomic mass is 10.0. The molecule has 0 fully saturated rings. The first-order chi connectivity index (χ1) is 13.3. The second kappa shape index (κ2) is 7.52. The molecule has 0 atom stereocenters. The van der Waals surface area contributed by atoms with Gasteiger partial charge in [0, 0.05) is 16.5 Å². The SMILES string of the molecule is N#Cc1c(-c2ccc3c(c2)OCCO3)csc1OCc1ccc(C=O)cc1. The molecule has 0 spiro atoms. The first kappa shape index (κ1) is 17.1. The molecule has 0 saturated carbocycles. The summed E-state index contributed by atoms with van der Waals surface area (Å²) in [6.45, 7) is 1.39. The van der Waals surface area contributed by atoms with Crippen LogP contribution in [0.3, 0.4) is 0 Å². The van der Waals surface area contributed by atoms with Crippen molar-refractivity contribution in [1.82, 2.24) is 0 Å². The summed E-state index contributed by atoms with van der Waals surface area (Å²) in [5.74, 6) is 1.40. The normalized spacial score (nSPS) is 12.3. The van der Waals surface area contributed by atoms with E-state index in [1.807, 2.05) is 35.7 Å². The van der Waals surface area contributed by atoms with Gasteiger partial charge in [0.25, 0.3) is 0 Å². The molecule has 0 bridgehead atoms. The first-order valence-electron chi connectivity index (χ1n) is 8.37. The second-order valence-corrected chi connectivity index (χ2v) is 6.77. The third-order valence-corrected chi connectivity index (χ3v) is 5.10. The molecule has 3 aromatic rings. The number of carbonyl (C=O) groups excluding carboxylic acids is 1. The van der Waals surface area contributed by atoms with Crippen LogP contribution in [0.4, 0.5) is 0 Å². The van der Waals surface area contributed by atoms with Gasteiger partial charge in [-0.1, -0.05) is 30.3 Å². The molecule has 2 aromatic carbocycles. The van der Waals surface area contributed by atoms with Crippen LogP contribution >= 0.6 is 11.3 Å². The molecule has 0 saturated heterocycles. The Kier molecular flexibility index (Phi) is 4.77. The highest BCUT2D eigenvalue weighted by molar-refractivity contribution is 7.12. The van der Waals surface area contributed by atoms with Gasteiger partial charge in [0.1, 0.15) is 37.7 Å². The highest BCUT2D eigenvalue weighted by atomic mass is 32.1. The summed E-state index contributed by atoms with van der Waals surface area (Å²) >= 11 is 1.39. The molecule has 6 heteroatoms. The van der Waals surface area contributed by atoms with E-state index in [0.29, 0.717) is 47.5 Å². The first-order valence-corrected chi connectivity index (χ1v) is 9.25. The molecule has 134 valence electrons. The van der Waals surface area contributed by atoms with Crippen molar-refractivity contribution in [2.45, 2.75) is 6.61 Å². The maximum Gasteiger partial charge on any atom is 0.192 e. The predicted molar refractivity (Wildman–Crippen MR) is 102 cm³/mol. The molecule has 2 heterocycles. The van der Waals surface area contributed by atoms with Gasteiger partial charge in [-0.3, -0.25) is 4.79 Å². The maximum atomic E-state index is 10.7. The van der Waals surface area contributed by atoms with Gasteiger partial charge in [-0.25, -0.2) is 0 Å². The lowest BCUT2D eigenvalue weighted by Gasteiger charge is -2.18. The molecule has 1 aromatic heterocycles. The van der Waals surface area contributed by atoms with Crippen LogP contribution in [0.15, 0.2) is 47.8 Å². The predicted octanol–water partition coefficient (Wildman–Crippen LogP) is 4.45. The number of ether oxygens (including phenoxy) is 3. The molecule has 0 aliphatic carbocycles. The van der Waals surface area contributed by atoms with E-state index in [4.69, 9.17) is 14.2 Å². The number of nitrogens with zero attached hydrogens (tertiary/aromatic N) is 1. The minimum absolute atomic E-state index is 0.328. The fraction of sp³-hybridized carbons (Fsp3) is 0.143. The standard InChI is InChI=1S/C21H15NO4S/c22-10-17-18(16-5-6-19-20(9-16)25-8-7-24-19)13-27-21(17)26-12-15-3-1-14(11-23)2-4-15/h1-6,9,11,13H,7-8,12H2. The van der Waals surface area contributed by atoms with E-state index in [0.717, 1.165) is 23.0 Å². The summed E-state index contributed by atoms with van der Waals surface area (Å²) in [5.41, 5.74) is 3.75. The van der Waals surface area contributed by atoms with Crippen molar-refractivity contribution in [3.05, 3.63) is 64.5 Å². The van der Waals surface area contributed by atoms with Crippen molar-refractivity contribution in [2.24, 2.45) is 0 Å². The fourth-order valence-electron chi connectivity index (χ4n) is 2.82. The minimum atomic E-state index is 0.328. The van der Waals surface area contributed by atoms with Crippen LogP contribution in [-0.4, -0.2) is 19.5 Å². The van der Waals surface area contributed by atoms with Crippen molar-refractivity contribution in [3.8, 4) is 33.8 Å². The van der Waals surface area contributed by atoms with Gasteiger partial charge >= 0.3 is 0 Å². The Hall–Kier alpha value is -3.30. The number of fused-ring (bicyclic) bond motifs is 1. The van der Waals surface area contributed by atoms with Crippen LogP contribution in [0.5, 0.6) is 16.6 Å². The third-order valence-electron chi connectivity index (χ3n) is 4.21. The Morgan fingerprint density at radius 1 is 1.11 bits per heavy atom. The van der Waals surface area contributed by atoms with E-state index in [1.165, 1.54) is 11.3 Å². The Labute approximate surface area is 160 Å². The Morgan fingerprint density at radius 3 is 2.63 bits per heavy atom. The topological polar surface area (TPSA) is 68.6 Å². The zero-order valence-corrected chi connectivity index (χ0v) is 15.1. The van der Waals surface area contributed by atoms with Gasteiger partial charge in [0.15, 0.2) is 16.6 Å². The van der Waals surface area contributed by atoms with E-state index in [1.54, 1.807) is 12.1 Å². The molecule has 1 aliphatic rings. The average Bonchev–Trinajstić information content (AvgIpc) is 3.15. The van der Waals surface area contributed by atoms with Crippen molar-refractivity contribution >= 4 is 17.6 Å². The smallest absolute Gasteiger partial charge is 0.192 e. The van der Waals surface area contributed by atoms with Crippen molar-refractivity contribution in [3.63, 3.8) is 0 Å². The number of hydrogen-bond donors (Lipinski definition) is 0. The summed E-state index contributed by atoms with van der Waals surface area (Å²) in [6, 6.07) is 15.1. The molecule has 4 rings (SSSR count). The van der Waals surface area contributed by atoms with Gasteiger partial charge < -0.3 is 14.2 Å². The van der Waals surface area contributed by atoms with E-state index in [9.17, 15) is 10.1 Å². The number of carbonyl (C=O) groups is 1. The maximum absolute atomic E-state index is 10.7. The largest absolute Gasteiger partial charge is 0.486 e. The molecule has 0 N–H and O–H groups in total. The number of aldehydes is 1. The Bertz CT molecular complexity index is 1020. The van der Waals surface area contributed by atoms with Crippen LogP contribution in [0.1, 0.15) is 21.5 Å². The van der Waals surface area contributed by atoms with Gasteiger partial charge in [-0.2, -0.15) is 5.26 Å². The lowest BCUT2D eigenvalue weighted by Crippen LogP contribution is -2.15. The number of benzene rings is 2. The van der Waals surface area contributed by atoms with Gasteiger partial charge in [0.2, 0.25) is 0 Å². The quantitative estimate of drug-likeness (QED) is 0.615. The van der Waals surface area contributed by atoms with Gasteiger partial charge in [-0.05, 0) is 23.3 Å². The van der Waals surface area contributed by atoms with Crippen LogP contribution in [-0.2, 0) is 6.61 Å². The number of thiophene rings is 1. The molecule has 27 heavy (non-hydrogen) atoms. The number of hydrogen-bond acceptors (Lipinski definition) is 6. The highest BCUT2D eigenvalue weighted by Crippen LogP contribution is 2.40. The van der Waals surface area contributed by atoms with Gasteiger partial charge in [-0.15, -0.1) is 11.3 Å². The Morgan fingerprint density at radius 2 is 1.89 bits per heavy atom. The molecular formula is C21H15NO4S. The molecule has 0 unspecified atom stereocenters. The third kappa shape index (κ3) is 3.50. The summed E-state index contributed by atoms with van der Waals surface area (Å²) in [5, 5.41) is 12.1. The Balaban J connectivity index is 1.56.